The SMILES string of the molecule is CN(CC(=O)c1nccs1)CC1CCCN1. The molecule has 0 amide bonds. The van der Waals surface area contributed by atoms with E-state index in [0.29, 0.717) is 17.6 Å². The van der Waals surface area contributed by atoms with Crippen molar-refractivity contribution in [1.29, 1.82) is 0 Å². The first-order chi connectivity index (χ1) is 7.75. The van der Waals surface area contributed by atoms with Gasteiger partial charge in [0, 0.05) is 24.2 Å². The number of aromatic nitrogens is 1. The first-order valence-electron chi connectivity index (χ1n) is 5.60. The Morgan fingerprint density at radius 1 is 1.75 bits per heavy atom. The van der Waals surface area contributed by atoms with Gasteiger partial charge in [-0.25, -0.2) is 4.98 Å². The van der Waals surface area contributed by atoms with Crippen LogP contribution in [0.25, 0.3) is 0 Å². The summed E-state index contributed by atoms with van der Waals surface area (Å²) < 4.78 is 0. The molecule has 0 saturated carbocycles. The predicted octanol–water partition coefficient (Wildman–Crippen LogP) is 1.01. The van der Waals surface area contributed by atoms with Crippen LogP contribution in [0.2, 0.25) is 0 Å². The van der Waals surface area contributed by atoms with Crippen LogP contribution in [0.1, 0.15) is 22.6 Å². The number of rotatable bonds is 5. The van der Waals surface area contributed by atoms with E-state index in [2.05, 4.69) is 15.2 Å². The third kappa shape index (κ3) is 3.10. The van der Waals surface area contributed by atoms with E-state index < -0.39 is 0 Å². The first kappa shape index (κ1) is 11.7. The van der Waals surface area contributed by atoms with Crippen LogP contribution in [-0.2, 0) is 0 Å². The lowest BCUT2D eigenvalue weighted by molar-refractivity contribution is 0.0942. The van der Waals surface area contributed by atoms with E-state index in [4.69, 9.17) is 0 Å². The molecule has 1 N–H and O–H groups in total. The van der Waals surface area contributed by atoms with E-state index in [1.165, 1.54) is 24.2 Å². The minimum atomic E-state index is 0.121. The number of likely N-dealkylation sites (N-methyl/N-ethyl adjacent to an activating group) is 1. The van der Waals surface area contributed by atoms with Crippen molar-refractivity contribution in [2.75, 3.05) is 26.7 Å². The molecular weight excluding hydrogens is 222 g/mol. The smallest absolute Gasteiger partial charge is 0.205 e. The highest BCUT2D eigenvalue weighted by Gasteiger charge is 2.18. The molecule has 1 fully saturated rings. The summed E-state index contributed by atoms with van der Waals surface area (Å²) in [5, 5.41) is 5.89. The molecule has 16 heavy (non-hydrogen) atoms. The summed E-state index contributed by atoms with van der Waals surface area (Å²) >= 11 is 1.41. The summed E-state index contributed by atoms with van der Waals surface area (Å²) in [7, 11) is 1.99. The van der Waals surface area contributed by atoms with Crippen molar-refractivity contribution in [3.05, 3.63) is 16.6 Å². The molecular formula is C11H17N3OS. The van der Waals surface area contributed by atoms with E-state index in [0.717, 1.165) is 13.1 Å². The summed E-state index contributed by atoms with van der Waals surface area (Å²) in [4.78, 5) is 17.9. The van der Waals surface area contributed by atoms with Crippen molar-refractivity contribution in [1.82, 2.24) is 15.2 Å². The van der Waals surface area contributed by atoms with Gasteiger partial charge in [0.1, 0.15) is 0 Å². The summed E-state index contributed by atoms with van der Waals surface area (Å²) in [6.45, 7) is 2.52. The highest BCUT2D eigenvalue weighted by atomic mass is 32.1. The third-order valence-electron chi connectivity index (χ3n) is 2.78. The van der Waals surface area contributed by atoms with Crippen LogP contribution in [0.4, 0.5) is 0 Å². The van der Waals surface area contributed by atoms with Crippen molar-refractivity contribution in [2.24, 2.45) is 0 Å². The molecule has 1 aliphatic heterocycles. The Kier molecular flexibility index (Phi) is 4.04. The summed E-state index contributed by atoms with van der Waals surface area (Å²) in [6, 6.07) is 0.550. The molecule has 1 saturated heterocycles. The second-order valence-corrected chi connectivity index (χ2v) is 5.15. The Hall–Kier alpha value is -0.780. The van der Waals surface area contributed by atoms with E-state index in [1.807, 2.05) is 12.4 Å². The third-order valence-corrected chi connectivity index (χ3v) is 3.59. The van der Waals surface area contributed by atoms with Gasteiger partial charge in [0.25, 0.3) is 0 Å². The Morgan fingerprint density at radius 2 is 2.62 bits per heavy atom. The van der Waals surface area contributed by atoms with Crippen LogP contribution in [-0.4, -0.2) is 48.4 Å². The summed E-state index contributed by atoms with van der Waals surface area (Å²) in [5.41, 5.74) is 0. The number of thiazole rings is 1. The Bertz CT molecular complexity index is 333. The molecule has 2 heterocycles. The lowest BCUT2D eigenvalue weighted by Crippen LogP contribution is -2.37. The van der Waals surface area contributed by atoms with E-state index in [9.17, 15) is 4.79 Å². The van der Waals surface area contributed by atoms with Crippen molar-refractivity contribution in [3.8, 4) is 0 Å². The summed E-state index contributed by atoms with van der Waals surface area (Å²) in [6.07, 6.45) is 4.14. The average molecular weight is 239 g/mol. The molecule has 2 rings (SSSR count). The Morgan fingerprint density at radius 3 is 3.25 bits per heavy atom. The van der Waals surface area contributed by atoms with Crippen LogP contribution in [0.15, 0.2) is 11.6 Å². The first-order valence-corrected chi connectivity index (χ1v) is 6.48. The van der Waals surface area contributed by atoms with Gasteiger partial charge >= 0.3 is 0 Å². The molecule has 88 valence electrons. The van der Waals surface area contributed by atoms with Gasteiger partial charge < -0.3 is 5.32 Å². The molecule has 0 aliphatic carbocycles. The quantitative estimate of drug-likeness (QED) is 0.779. The topological polar surface area (TPSA) is 45.2 Å². The van der Waals surface area contributed by atoms with Gasteiger partial charge in [0.05, 0.1) is 6.54 Å². The predicted molar refractivity (Wildman–Crippen MR) is 65.0 cm³/mol. The molecule has 1 aliphatic rings. The standard InChI is InChI=1S/C11H17N3OS/c1-14(7-9-3-2-4-12-9)8-10(15)11-13-5-6-16-11/h5-6,9,12H,2-4,7-8H2,1H3. The maximum atomic E-state index is 11.8. The number of carbonyl (C=O) groups excluding carboxylic acids is 1. The molecule has 0 bridgehead atoms. The maximum Gasteiger partial charge on any atom is 0.205 e. The minimum Gasteiger partial charge on any atom is -0.313 e. The molecule has 0 radical (unpaired) electrons. The number of hydrogen-bond acceptors (Lipinski definition) is 5. The van der Waals surface area contributed by atoms with Crippen molar-refractivity contribution in [3.63, 3.8) is 0 Å². The molecule has 0 aromatic carbocycles. The lowest BCUT2D eigenvalue weighted by atomic mass is 10.2. The van der Waals surface area contributed by atoms with E-state index in [-0.39, 0.29) is 5.78 Å². The maximum absolute atomic E-state index is 11.8. The summed E-state index contributed by atoms with van der Waals surface area (Å²) in [5.74, 6) is 0.121. The number of carbonyl (C=O) groups is 1. The highest BCUT2D eigenvalue weighted by molar-refractivity contribution is 7.11. The fourth-order valence-electron chi connectivity index (χ4n) is 2.03. The Labute approximate surface area is 99.7 Å². The van der Waals surface area contributed by atoms with Gasteiger partial charge in [-0.1, -0.05) is 0 Å². The van der Waals surface area contributed by atoms with E-state index in [1.54, 1.807) is 6.20 Å². The second kappa shape index (κ2) is 5.52. The van der Waals surface area contributed by atoms with Gasteiger partial charge in [-0.2, -0.15) is 0 Å². The van der Waals surface area contributed by atoms with Crippen LogP contribution in [0, 0.1) is 0 Å². The number of nitrogens with one attached hydrogen (secondary N) is 1. The average Bonchev–Trinajstić information content (AvgIpc) is 2.88. The monoisotopic (exact) mass is 239 g/mol. The molecule has 1 aromatic heterocycles. The number of hydrogen-bond donors (Lipinski definition) is 1. The second-order valence-electron chi connectivity index (χ2n) is 4.25. The zero-order valence-electron chi connectivity index (χ0n) is 9.48. The van der Waals surface area contributed by atoms with Crippen LogP contribution >= 0.6 is 11.3 Å². The van der Waals surface area contributed by atoms with Gasteiger partial charge in [-0.15, -0.1) is 11.3 Å². The van der Waals surface area contributed by atoms with Gasteiger partial charge in [-0.3, -0.25) is 9.69 Å². The number of Topliss-reactive ketones (excluding diaryl/α,β-unsaturated/α-hetero) is 1. The van der Waals surface area contributed by atoms with Gasteiger partial charge in [0.2, 0.25) is 5.78 Å². The fraction of sp³-hybridized carbons (Fsp3) is 0.636. The van der Waals surface area contributed by atoms with Crippen molar-refractivity contribution >= 4 is 17.1 Å². The zero-order chi connectivity index (χ0) is 11.4. The van der Waals surface area contributed by atoms with Crippen molar-refractivity contribution < 1.29 is 4.79 Å². The lowest BCUT2D eigenvalue weighted by Gasteiger charge is -2.19. The van der Waals surface area contributed by atoms with Crippen LogP contribution < -0.4 is 5.32 Å². The number of nitrogens with zero attached hydrogens (tertiary/aromatic N) is 2. The zero-order valence-corrected chi connectivity index (χ0v) is 10.3. The normalized spacial score (nSPS) is 20.5. The van der Waals surface area contributed by atoms with Gasteiger partial charge in [-0.05, 0) is 26.4 Å². The molecule has 1 aromatic rings. The van der Waals surface area contributed by atoms with Crippen LogP contribution in [0.3, 0.4) is 0 Å². The van der Waals surface area contributed by atoms with E-state index >= 15 is 0 Å². The fourth-order valence-corrected chi connectivity index (χ4v) is 2.60. The molecule has 1 unspecified atom stereocenters. The molecule has 1 atom stereocenters. The minimum absolute atomic E-state index is 0.121. The van der Waals surface area contributed by atoms with Crippen LogP contribution in [0.5, 0.6) is 0 Å². The molecule has 5 heteroatoms. The van der Waals surface area contributed by atoms with Gasteiger partial charge in [0.15, 0.2) is 5.01 Å². The highest BCUT2D eigenvalue weighted by Crippen LogP contribution is 2.08. The Balaban J connectivity index is 1.78. The van der Waals surface area contributed by atoms with Crippen molar-refractivity contribution in [2.45, 2.75) is 18.9 Å². The number of ketones is 1. The molecule has 0 spiro atoms. The molecule has 4 nitrogen and oxygen atoms in total. The largest absolute Gasteiger partial charge is 0.313 e.